The van der Waals surface area contributed by atoms with Gasteiger partial charge in [0.2, 0.25) is 0 Å². The highest BCUT2D eigenvalue weighted by Crippen LogP contribution is 2.10. The molecule has 0 aliphatic rings. The number of carboxylic acid groups (broad SMARTS) is 1. The first-order valence-electron chi connectivity index (χ1n) is 4.63. The van der Waals surface area contributed by atoms with Crippen LogP contribution in [0.1, 0.15) is 12.0 Å². The van der Waals surface area contributed by atoms with Crippen LogP contribution in [0, 0.1) is 5.92 Å². The van der Waals surface area contributed by atoms with Gasteiger partial charge in [0, 0.05) is 0 Å². The van der Waals surface area contributed by atoms with Gasteiger partial charge in [-0.15, -0.1) is 6.58 Å². The fourth-order valence-corrected chi connectivity index (χ4v) is 1.31. The summed E-state index contributed by atoms with van der Waals surface area (Å²) in [5.41, 5.74) is 1.17. The van der Waals surface area contributed by atoms with Crippen molar-refractivity contribution < 1.29 is 9.90 Å². The number of benzene rings is 1. The lowest BCUT2D eigenvalue weighted by molar-refractivity contribution is -0.140. The Morgan fingerprint density at radius 3 is 2.57 bits per heavy atom. The van der Waals surface area contributed by atoms with Gasteiger partial charge in [0.25, 0.3) is 0 Å². The molecule has 0 bridgehead atoms. The zero-order valence-electron chi connectivity index (χ0n) is 8.02. The van der Waals surface area contributed by atoms with Crippen molar-refractivity contribution in [3.63, 3.8) is 0 Å². The molecule has 0 heterocycles. The third-order valence-corrected chi connectivity index (χ3v) is 2.19. The molecule has 1 unspecified atom stereocenters. The van der Waals surface area contributed by atoms with E-state index in [0.29, 0.717) is 6.42 Å². The molecule has 74 valence electrons. The molecule has 0 saturated carbocycles. The Bertz CT molecular complexity index is 303. The molecule has 0 fully saturated rings. The average molecular weight is 190 g/mol. The third kappa shape index (κ3) is 3.05. The van der Waals surface area contributed by atoms with Crippen molar-refractivity contribution in [3.05, 3.63) is 48.6 Å². The molecule has 1 rings (SSSR count). The molecule has 0 spiro atoms. The number of hydrogen-bond acceptors (Lipinski definition) is 1. The Labute approximate surface area is 83.9 Å². The molecule has 0 amide bonds. The predicted octanol–water partition coefficient (Wildman–Crippen LogP) is 2.51. The Hall–Kier alpha value is -1.57. The second-order valence-corrected chi connectivity index (χ2v) is 3.20. The first-order chi connectivity index (χ1) is 6.74. The Balaban J connectivity index is 2.47. The minimum atomic E-state index is -0.795. The minimum absolute atomic E-state index is 0.435. The van der Waals surface area contributed by atoms with E-state index in [-0.39, 0.29) is 0 Å². The second-order valence-electron chi connectivity index (χ2n) is 3.20. The molecule has 1 aromatic carbocycles. The SMILES string of the molecule is C=CC(CCc1ccccc1)C(=O)O. The van der Waals surface area contributed by atoms with E-state index in [1.807, 2.05) is 30.3 Å². The van der Waals surface area contributed by atoms with E-state index in [1.54, 1.807) is 0 Å². The van der Waals surface area contributed by atoms with Crippen LogP contribution in [0.25, 0.3) is 0 Å². The molecule has 0 radical (unpaired) electrons. The molecule has 0 aliphatic carbocycles. The van der Waals surface area contributed by atoms with Crippen LogP contribution < -0.4 is 0 Å². The molecule has 1 N–H and O–H groups in total. The number of carbonyl (C=O) groups is 1. The molecule has 0 aromatic heterocycles. The summed E-state index contributed by atoms with van der Waals surface area (Å²) in [5.74, 6) is -1.23. The first kappa shape index (κ1) is 10.5. The van der Waals surface area contributed by atoms with Gasteiger partial charge in [0.1, 0.15) is 0 Å². The fraction of sp³-hybridized carbons (Fsp3) is 0.250. The highest BCUT2D eigenvalue weighted by atomic mass is 16.4. The summed E-state index contributed by atoms with van der Waals surface area (Å²) in [6, 6.07) is 9.87. The van der Waals surface area contributed by atoms with Crippen LogP contribution in [-0.2, 0) is 11.2 Å². The van der Waals surface area contributed by atoms with Gasteiger partial charge in [-0.05, 0) is 18.4 Å². The Kier molecular flexibility index (Phi) is 3.92. The quantitative estimate of drug-likeness (QED) is 0.724. The van der Waals surface area contributed by atoms with Crippen molar-refractivity contribution >= 4 is 5.97 Å². The topological polar surface area (TPSA) is 37.3 Å². The van der Waals surface area contributed by atoms with Crippen LogP contribution >= 0.6 is 0 Å². The Morgan fingerprint density at radius 1 is 1.43 bits per heavy atom. The number of carboxylic acids is 1. The molecule has 1 aromatic rings. The van der Waals surface area contributed by atoms with E-state index in [0.717, 1.165) is 6.42 Å². The third-order valence-electron chi connectivity index (χ3n) is 2.19. The summed E-state index contributed by atoms with van der Waals surface area (Å²) in [6.45, 7) is 3.51. The lowest BCUT2D eigenvalue weighted by Gasteiger charge is -2.06. The van der Waals surface area contributed by atoms with Crippen LogP contribution in [0.4, 0.5) is 0 Å². The van der Waals surface area contributed by atoms with Crippen LogP contribution in [0.3, 0.4) is 0 Å². The van der Waals surface area contributed by atoms with E-state index in [9.17, 15) is 4.79 Å². The number of hydrogen-bond donors (Lipinski definition) is 1. The van der Waals surface area contributed by atoms with Crippen LogP contribution in [0.5, 0.6) is 0 Å². The largest absolute Gasteiger partial charge is 0.481 e. The second kappa shape index (κ2) is 5.22. The first-order valence-corrected chi connectivity index (χ1v) is 4.63. The summed E-state index contributed by atoms with van der Waals surface area (Å²) in [4.78, 5) is 10.7. The summed E-state index contributed by atoms with van der Waals surface area (Å²) < 4.78 is 0. The van der Waals surface area contributed by atoms with E-state index in [4.69, 9.17) is 5.11 Å². The molecule has 14 heavy (non-hydrogen) atoms. The molecule has 2 nitrogen and oxygen atoms in total. The molecule has 2 heteroatoms. The van der Waals surface area contributed by atoms with E-state index in [2.05, 4.69) is 6.58 Å². The van der Waals surface area contributed by atoms with Gasteiger partial charge in [-0.3, -0.25) is 4.79 Å². The van der Waals surface area contributed by atoms with Gasteiger partial charge < -0.3 is 5.11 Å². The minimum Gasteiger partial charge on any atom is -0.481 e. The number of aliphatic carboxylic acids is 1. The van der Waals surface area contributed by atoms with E-state index >= 15 is 0 Å². The van der Waals surface area contributed by atoms with Gasteiger partial charge in [-0.2, -0.15) is 0 Å². The van der Waals surface area contributed by atoms with Crippen molar-refractivity contribution in [3.8, 4) is 0 Å². The molecular formula is C12H14O2. The van der Waals surface area contributed by atoms with Gasteiger partial charge in [0.05, 0.1) is 5.92 Å². The maximum atomic E-state index is 10.7. The van der Waals surface area contributed by atoms with Crippen molar-refractivity contribution in [1.82, 2.24) is 0 Å². The monoisotopic (exact) mass is 190 g/mol. The van der Waals surface area contributed by atoms with Gasteiger partial charge >= 0.3 is 5.97 Å². The van der Waals surface area contributed by atoms with Crippen molar-refractivity contribution in [1.29, 1.82) is 0 Å². The predicted molar refractivity (Wildman–Crippen MR) is 56.1 cm³/mol. The van der Waals surface area contributed by atoms with Crippen molar-refractivity contribution in [2.75, 3.05) is 0 Å². The zero-order chi connectivity index (χ0) is 10.4. The standard InChI is InChI=1S/C12H14O2/c1-2-11(12(13)14)9-8-10-6-4-3-5-7-10/h2-7,11H,1,8-9H2,(H,13,14). The normalized spacial score (nSPS) is 12.0. The highest BCUT2D eigenvalue weighted by Gasteiger charge is 2.12. The highest BCUT2D eigenvalue weighted by molar-refractivity contribution is 5.71. The fourth-order valence-electron chi connectivity index (χ4n) is 1.31. The van der Waals surface area contributed by atoms with E-state index < -0.39 is 11.9 Å². The summed E-state index contributed by atoms with van der Waals surface area (Å²) in [5, 5.41) is 8.78. The number of rotatable bonds is 5. The van der Waals surface area contributed by atoms with Crippen LogP contribution in [0.2, 0.25) is 0 Å². The van der Waals surface area contributed by atoms with Crippen molar-refractivity contribution in [2.45, 2.75) is 12.8 Å². The Morgan fingerprint density at radius 2 is 2.07 bits per heavy atom. The maximum Gasteiger partial charge on any atom is 0.310 e. The average Bonchev–Trinajstić information content (AvgIpc) is 2.20. The smallest absolute Gasteiger partial charge is 0.310 e. The van der Waals surface area contributed by atoms with Gasteiger partial charge in [-0.1, -0.05) is 36.4 Å². The molecule has 1 atom stereocenters. The summed E-state index contributed by atoms with van der Waals surface area (Å²) in [7, 11) is 0. The van der Waals surface area contributed by atoms with E-state index in [1.165, 1.54) is 11.6 Å². The maximum absolute atomic E-state index is 10.7. The number of aryl methyl sites for hydroxylation is 1. The molecule has 0 aliphatic heterocycles. The summed E-state index contributed by atoms with van der Waals surface area (Å²) >= 11 is 0. The van der Waals surface area contributed by atoms with Gasteiger partial charge in [0.15, 0.2) is 0 Å². The molecule has 0 saturated heterocycles. The lowest BCUT2D eigenvalue weighted by Crippen LogP contribution is -2.11. The van der Waals surface area contributed by atoms with Crippen molar-refractivity contribution in [2.24, 2.45) is 5.92 Å². The van der Waals surface area contributed by atoms with Gasteiger partial charge in [-0.25, -0.2) is 0 Å². The summed E-state index contributed by atoms with van der Waals surface area (Å²) in [6.07, 6.45) is 2.89. The molecular weight excluding hydrogens is 176 g/mol. The van der Waals surface area contributed by atoms with Crippen LogP contribution in [0.15, 0.2) is 43.0 Å². The van der Waals surface area contributed by atoms with Crippen LogP contribution in [-0.4, -0.2) is 11.1 Å². The lowest BCUT2D eigenvalue weighted by atomic mass is 10.00. The zero-order valence-corrected chi connectivity index (χ0v) is 8.02.